The highest BCUT2D eigenvalue weighted by Crippen LogP contribution is 2.40. The maximum Gasteiger partial charge on any atom is 0.231 e. The molecule has 84 valence electrons. The highest BCUT2D eigenvalue weighted by Gasteiger charge is 2.17. The maximum atomic E-state index is 11.1. The smallest absolute Gasteiger partial charge is 0.231 e. The number of halogens is 1. The Bertz CT molecular complexity index is 477. The largest absolute Gasteiger partial charge is 0.454 e. The number of ether oxygens (including phenoxy) is 2. The minimum Gasteiger partial charge on any atom is -0.454 e. The van der Waals surface area contributed by atoms with Gasteiger partial charge in [-0.15, -0.1) is 0 Å². The third kappa shape index (κ3) is 2.04. The van der Waals surface area contributed by atoms with Crippen molar-refractivity contribution in [1.29, 1.82) is 0 Å². The van der Waals surface area contributed by atoms with Gasteiger partial charge in [-0.25, -0.2) is 0 Å². The van der Waals surface area contributed by atoms with Gasteiger partial charge in [0, 0.05) is 0 Å². The molecule has 0 N–H and O–H groups in total. The predicted octanol–water partition coefficient (Wildman–Crippen LogP) is 3.06. The molecule has 0 aromatic heterocycles. The van der Waals surface area contributed by atoms with Crippen LogP contribution in [0.3, 0.4) is 0 Å². The van der Waals surface area contributed by atoms with E-state index < -0.39 is 0 Å². The van der Waals surface area contributed by atoms with E-state index in [0.29, 0.717) is 22.1 Å². The number of rotatable bonds is 2. The van der Waals surface area contributed by atoms with Gasteiger partial charge < -0.3 is 9.47 Å². The van der Waals surface area contributed by atoms with Crippen molar-refractivity contribution in [3.8, 4) is 11.5 Å². The Kier molecular flexibility index (Phi) is 2.88. The first kappa shape index (κ1) is 11.0. The van der Waals surface area contributed by atoms with Gasteiger partial charge in [0.05, 0.1) is 5.02 Å². The van der Waals surface area contributed by atoms with E-state index in [1.54, 1.807) is 25.1 Å². The number of hydrogen-bond donors (Lipinski definition) is 0. The van der Waals surface area contributed by atoms with Crippen LogP contribution in [-0.4, -0.2) is 12.6 Å². The summed E-state index contributed by atoms with van der Waals surface area (Å²) in [5.41, 5.74) is 1.51. The lowest BCUT2D eigenvalue weighted by Gasteiger charge is -2.02. The van der Waals surface area contributed by atoms with Gasteiger partial charge in [-0.2, -0.15) is 0 Å². The first-order valence-electron chi connectivity index (χ1n) is 4.86. The van der Waals surface area contributed by atoms with E-state index in [9.17, 15) is 4.79 Å². The summed E-state index contributed by atoms with van der Waals surface area (Å²) in [5, 5.41) is 0.498. The average molecular weight is 239 g/mol. The molecule has 16 heavy (non-hydrogen) atoms. The Morgan fingerprint density at radius 1 is 1.38 bits per heavy atom. The zero-order valence-corrected chi connectivity index (χ0v) is 9.80. The Labute approximate surface area is 98.6 Å². The summed E-state index contributed by atoms with van der Waals surface area (Å²) in [6, 6.07) is 3.56. The summed E-state index contributed by atoms with van der Waals surface area (Å²) < 4.78 is 10.4. The Hall–Kier alpha value is -1.48. The van der Waals surface area contributed by atoms with E-state index >= 15 is 0 Å². The quantitative estimate of drug-likeness (QED) is 0.743. The van der Waals surface area contributed by atoms with Crippen LogP contribution in [0.2, 0.25) is 5.02 Å². The second-order valence-corrected chi connectivity index (χ2v) is 4.03. The molecule has 1 aliphatic heterocycles. The van der Waals surface area contributed by atoms with Crippen molar-refractivity contribution in [3.63, 3.8) is 0 Å². The van der Waals surface area contributed by atoms with Crippen LogP contribution < -0.4 is 9.47 Å². The van der Waals surface area contributed by atoms with Gasteiger partial charge in [-0.05, 0) is 43.2 Å². The zero-order chi connectivity index (χ0) is 11.7. The highest BCUT2D eigenvalue weighted by atomic mass is 35.5. The van der Waals surface area contributed by atoms with Crippen LogP contribution in [-0.2, 0) is 4.79 Å². The molecule has 0 aliphatic carbocycles. The topological polar surface area (TPSA) is 35.5 Å². The second-order valence-electron chi connectivity index (χ2n) is 3.62. The van der Waals surface area contributed by atoms with Crippen molar-refractivity contribution in [1.82, 2.24) is 0 Å². The van der Waals surface area contributed by atoms with Crippen molar-refractivity contribution in [2.75, 3.05) is 6.79 Å². The third-order valence-corrected chi connectivity index (χ3v) is 2.67. The highest BCUT2D eigenvalue weighted by molar-refractivity contribution is 6.32. The molecule has 1 aromatic carbocycles. The molecule has 0 bridgehead atoms. The fourth-order valence-corrected chi connectivity index (χ4v) is 1.70. The summed E-state index contributed by atoms with van der Waals surface area (Å²) in [6.07, 6.45) is 1.77. The van der Waals surface area contributed by atoms with Crippen LogP contribution in [0.5, 0.6) is 11.5 Å². The number of benzene rings is 1. The van der Waals surface area contributed by atoms with Crippen LogP contribution >= 0.6 is 11.6 Å². The molecular weight excluding hydrogens is 228 g/mol. The zero-order valence-electron chi connectivity index (χ0n) is 9.04. The lowest BCUT2D eigenvalue weighted by Crippen LogP contribution is -1.93. The number of fused-ring (bicyclic) bond motifs is 1. The number of Topliss-reactive ketones (excluding diaryl/α,β-unsaturated/α-hetero) is 1. The van der Waals surface area contributed by atoms with Gasteiger partial charge in [0.1, 0.15) is 0 Å². The number of hydrogen-bond acceptors (Lipinski definition) is 3. The van der Waals surface area contributed by atoms with Gasteiger partial charge in [0.25, 0.3) is 0 Å². The minimum absolute atomic E-state index is 0.0359. The Morgan fingerprint density at radius 3 is 2.81 bits per heavy atom. The van der Waals surface area contributed by atoms with Gasteiger partial charge in [-0.1, -0.05) is 11.6 Å². The van der Waals surface area contributed by atoms with E-state index in [4.69, 9.17) is 21.1 Å². The monoisotopic (exact) mass is 238 g/mol. The van der Waals surface area contributed by atoms with Gasteiger partial charge in [0.15, 0.2) is 17.3 Å². The molecule has 1 aliphatic rings. The first-order valence-corrected chi connectivity index (χ1v) is 5.24. The number of ketones is 1. The molecule has 1 aromatic rings. The average Bonchev–Trinajstić information content (AvgIpc) is 2.65. The van der Waals surface area contributed by atoms with Crippen molar-refractivity contribution >= 4 is 23.5 Å². The molecule has 0 atom stereocenters. The fourth-order valence-electron chi connectivity index (χ4n) is 1.42. The predicted molar refractivity (Wildman–Crippen MR) is 61.9 cm³/mol. The summed E-state index contributed by atoms with van der Waals surface area (Å²) in [4.78, 5) is 11.1. The van der Waals surface area contributed by atoms with Gasteiger partial charge in [-0.3, -0.25) is 4.79 Å². The van der Waals surface area contributed by atoms with Gasteiger partial charge >= 0.3 is 0 Å². The molecule has 0 amide bonds. The van der Waals surface area contributed by atoms with Crippen LogP contribution in [0.1, 0.15) is 19.4 Å². The van der Waals surface area contributed by atoms with E-state index in [1.165, 1.54) is 6.92 Å². The maximum absolute atomic E-state index is 11.1. The van der Waals surface area contributed by atoms with Crippen molar-refractivity contribution in [2.45, 2.75) is 13.8 Å². The minimum atomic E-state index is 0.0359. The fraction of sp³-hybridized carbons (Fsp3) is 0.250. The summed E-state index contributed by atoms with van der Waals surface area (Å²) in [6.45, 7) is 3.48. The molecule has 0 fully saturated rings. The molecule has 1 heterocycles. The molecule has 2 rings (SSSR count). The van der Waals surface area contributed by atoms with Crippen LogP contribution in [0.25, 0.3) is 6.08 Å². The van der Waals surface area contributed by atoms with Crippen molar-refractivity contribution in [2.24, 2.45) is 0 Å². The molecule has 3 nitrogen and oxygen atoms in total. The molecule has 0 saturated heterocycles. The second kappa shape index (κ2) is 4.18. The summed E-state index contributed by atoms with van der Waals surface area (Å²) in [7, 11) is 0. The molecule has 0 unspecified atom stereocenters. The molecule has 0 spiro atoms. The summed E-state index contributed by atoms with van der Waals surface area (Å²) in [5.74, 6) is 1.23. The SMILES string of the molecule is CC(=O)/C(C)=C/c1cc(Cl)c2c(c1)OCO2. The van der Waals surface area contributed by atoms with Crippen LogP contribution in [0, 0.1) is 0 Å². The molecule has 4 heteroatoms. The van der Waals surface area contributed by atoms with E-state index in [0.717, 1.165) is 5.56 Å². The molecular formula is C12H11ClO3. The van der Waals surface area contributed by atoms with Crippen LogP contribution in [0.15, 0.2) is 17.7 Å². The lowest BCUT2D eigenvalue weighted by molar-refractivity contribution is -0.113. The third-order valence-electron chi connectivity index (χ3n) is 2.39. The van der Waals surface area contributed by atoms with Crippen LogP contribution in [0.4, 0.5) is 0 Å². The van der Waals surface area contributed by atoms with E-state index in [2.05, 4.69) is 0 Å². The van der Waals surface area contributed by atoms with Crippen molar-refractivity contribution in [3.05, 3.63) is 28.3 Å². The number of allylic oxidation sites excluding steroid dienone is 1. The number of carbonyl (C=O) groups excluding carboxylic acids is 1. The Morgan fingerprint density at radius 2 is 2.12 bits per heavy atom. The lowest BCUT2D eigenvalue weighted by atomic mass is 10.1. The molecule has 0 radical (unpaired) electrons. The van der Waals surface area contributed by atoms with Crippen molar-refractivity contribution < 1.29 is 14.3 Å². The normalized spacial score (nSPS) is 14.1. The standard InChI is InChI=1S/C12H11ClO3/c1-7(8(2)14)3-9-4-10(13)12-11(5-9)15-6-16-12/h3-5H,6H2,1-2H3/b7-3+. The summed E-state index contributed by atoms with van der Waals surface area (Å²) >= 11 is 6.02. The van der Waals surface area contributed by atoms with E-state index in [-0.39, 0.29) is 12.6 Å². The first-order chi connectivity index (χ1) is 7.58. The van der Waals surface area contributed by atoms with Gasteiger partial charge in [0.2, 0.25) is 6.79 Å². The number of carbonyl (C=O) groups is 1. The Balaban J connectivity index is 2.41. The van der Waals surface area contributed by atoms with E-state index in [1.807, 2.05) is 0 Å². The molecule has 0 saturated carbocycles.